The lowest BCUT2D eigenvalue weighted by molar-refractivity contribution is -0.115. The Bertz CT molecular complexity index is 470. The van der Waals surface area contributed by atoms with Crippen molar-refractivity contribution in [2.75, 3.05) is 19.0 Å². The van der Waals surface area contributed by atoms with E-state index in [0.29, 0.717) is 11.3 Å². The van der Waals surface area contributed by atoms with Crippen molar-refractivity contribution >= 4 is 17.6 Å². The number of esters is 1. The summed E-state index contributed by atoms with van der Waals surface area (Å²) in [7, 11) is 1.32. The molecule has 0 saturated heterocycles. The number of anilines is 1. The van der Waals surface area contributed by atoms with Crippen molar-refractivity contribution in [2.24, 2.45) is 0 Å². The highest BCUT2D eigenvalue weighted by molar-refractivity contribution is 6.01. The van der Waals surface area contributed by atoms with Crippen molar-refractivity contribution < 1.29 is 14.3 Å². The topological polar surface area (TPSA) is 67.4 Å². The molecule has 0 aliphatic carbocycles. The zero-order valence-corrected chi connectivity index (χ0v) is 11.7. The molecule has 1 rings (SSSR count). The van der Waals surface area contributed by atoms with Gasteiger partial charge in [-0.15, -0.1) is 0 Å². The molecule has 5 heteroatoms. The van der Waals surface area contributed by atoms with Gasteiger partial charge in [-0.05, 0) is 19.1 Å². The second-order valence-corrected chi connectivity index (χ2v) is 4.62. The van der Waals surface area contributed by atoms with Gasteiger partial charge >= 0.3 is 5.97 Å². The monoisotopic (exact) mass is 264 g/mol. The third-order valence-corrected chi connectivity index (χ3v) is 2.53. The van der Waals surface area contributed by atoms with Crippen LogP contribution in [0, 0.1) is 6.92 Å². The molecule has 5 nitrogen and oxygen atoms in total. The highest BCUT2D eigenvalue weighted by Crippen LogP contribution is 2.18. The van der Waals surface area contributed by atoms with Gasteiger partial charge in [-0.3, -0.25) is 4.79 Å². The van der Waals surface area contributed by atoms with Gasteiger partial charge in [-0.1, -0.05) is 25.5 Å². The standard InChI is InChI=1S/C14H20N2O3/c1-9(2)15-8-13(17)16-12-6-5-10(3)7-11(12)14(18)19-4/h5-7,9,15H,8H2,1-4H3,(H,16,17). The van der Waals surface area contributed by atoms with Gasteiger partial charge in [0.05, 0.1) is 24.9 Å². The van der Waals surface area contributed by atoms with Crippen molar-refractivity contribution in [3.05, 3.63) is 29.3 Å². The van der Waals surface area contributed by atoms with Gasteiger partial charge in [0.2, 0.25) is 5.91 Å². The number of methoxy groups -OCH3 is 1. The number of amides is 1. The summed E-state index contributed by atoms with van der Waals surface area (Å²) in [6, 6.07) is 5.45. The van der Waals surface area contributed by atoms with Crippen LogP contribution >= 0.6 is 0 Å². The molecule has 0 aliphatic heterocycles. The maximum atomic E-state index is 11.7. The number of nitrogens with one attached hydrogen (secondary N) is 2. The Labute approximate surface area is 113 Å². The van der Waals surface area contributed by atoms with Crippen molar-refractivity contribution in [2.45, 2.75) is 26.8 Å². The van der Waals surface area contributed by atoms with Crippen LogP contribution in [0.5, 0.6) is 0 Å². The molecule has 0 aliphatic rings. The summed E-state index contributed by atoms with van der Waals surface area (Å²) in [5, 5.41) is 5.72. The fourth-order valence-corrected chi connectivity index (χ4v) is 1.54. The van der Waals surface area contributed by atoms with Gasteiger partial charge in [0.1, 0.15) is 0 Å². The molecule has 1 amide bonds. The quantitative estimate of drug-likeness (QED) is 0.795. The molecular weight excluding hydrogens is 244 g/mol. The van der Waals surface area contributed by atoms with E-state index in [9.17, 15) is 9.59 Å². The first kappa shape index (κ1) is 15.2. The third-order valence-electron chi connectivity index (χ3n) is 2.53. The van der Waals surface area contributed by atoms with E-state index in [1.165, 1.54) is 7.11 Å². The first-order valence-corrected chi connectivity index (χ1v) is 6.16. The molecule has 0 atom stereocenters. The minimum atomic E-state index is -0.462. The first-order valence-electron chi connectivity index (χ1n) is 6.16. The second kappa shape index (κ2) is 6.89. The van der Waals surface area contributed by atoms with Crippen LogP contribution in [0.15, 0.2) is 18.2 Å². The summed E-state index contributed by atoms with van der Waals surface area (Å²) in [6.07, 6.45) is 0. The van der Waals surface area contributed by atoms with Crippen LogP contribution in [0.4, 0.5) is 5.69 Å². The molecule has 0 saturated carbocycles. The smallest absolute Gasteiger partial charge is 0.339 e. The Morgan fingerprint density at radius 2 is 2.00 bits per heavy atom. The van der Waals surface area contributed by atoms with Crippen LogP contribution in [0.3, 0.4) is 0 Å². The Balaban J connectivity index is 2.82. The van der Waals surface area contributed by atoms with E-state index in [0.717, 1.165) is 5.56 Å². The molecule has 0 aromatic heterocycles. The highest BCUT2D eigenvalue weighted by atomic mass is 16.5. The fourth-order valence-electron chi connectivity index (χ4n) is 1.54. The van der Waals surface area contributed by atoms with E-state index >= 15 is 0 Å². The van der Waals surface area contributed by atoms with Gasteiger partial charge in [0, 0.05) is 6.04 Å². The number of rotatable bonds is 5. The third kappa shape index (κ3) is 4.71. The summed E-state index contributed by atoms with van der Waals surface area (Å²) >= 11 is 0. The van der Waals surface area contributed by atoms with E-state index in [1.807, 2.05) is 26.8 Å². The molecule has 0 unspecified atom stereocenters. The molecule has 1 aromatic carbocycles. The highest BCUT2D eigenvalue weighted by Gasteiger charge is 2.14. The lowest BCUT2D eigenvalue weighted by Crippen LogP contribution is -2.33. The van der Waals surface area contributed by atoms with Crippen LogP contribution in [0.1, 0.15) is 29.8 Å². The SMILES string of the molecule is COC(=O)c1cc(C)ccc1NC(=O)CNC(C)C. The van der Waals surface area contributed by atoms with Gasteiger partial charge < -0.3 is 15.4 Å². The van der Waals surface area contributed by atoms with Crippen LogP contribution in [-0.4, -0.2) is 31.6 Å². The summed E-state index contributed by atoms with van der Waals surface area (Å²) in [4.78, 5) is 23.4. The van der Waals surface area contributed by atoms with Crippen LogP contribution < -0.4 is 10.6 Å². The minimum absolute atomic E-state index is 0.192. The van der Waals surface area contributed by atoms with Crippen molar-refractivity contribution in [1.82, 2.24) is 5.32 Å². The zero-order valence-electron chi connectivity index (χ0n) is 11.7. The van der Waals surface area contributed by atoms with E-state index in [1.54, 1.807) is 12.1 Å². The van der Waals surface area contributed by atoms with Gasteiger partial charge in [0.15, 0.2) is 0 Å². The van der Waals surface area contributed by atoms with Crippen LogP contribution in [-0.2, 0) is 9.53 Å². The summed E-state index contributed by atoms with van der Waals surface area (Å²) in [6.45, 7) is 5.99. The van der Waals surface area contributed by atoms with Crippen LogP contribution in [0.2, 0.25) is 0 Å². The molecule has 0 heterocycles. The number of benzene rings is 1. The second-order valence-electron chi connectivity index (χ2n) is 4.62. The number of hydrogen-bond acceptors (Lipinski definition) is 4. The lowest BCUT2D eigenvalue weighted by atomic mass is 10.1. The lowest BCUT2D eigenvalue weighted by Gasteiger charge is -2.12. The van der Waals surface area contributed by atoms with E-state index in [2.05, 4.69) is 10.6 Å². The molecule has 0 spiro atoms. The number of hydrogen-bond donors (Lipinski definition) is 2. The Morgan fingerprint density at radius 1 is 1.32 bits per heavy atom. The van der Waals surface area contributed by atoms with E-state index < -0.39 is 5.97 Å². The zero-order chi connectivity index (χ0) is 14.4. The van der Waals surface area contributed by atoms with Crippen molar-refractivity contribution in [1.29, 1.82) is 0 Å². The fraction of sp³-hybridized carbons (Fsp3) is 0.429. The Hall–Kier alpha value is -1.88. The molecule has 19 heavy (non-hydrogen) atoms. The molecule has 1 aromatic rings. The molecule has 104 valence electrons. The van der Waals surface area contributed by atoms with Gasteiger partial charge in [-0.2, -0.15) is 0 Å². The number of carbonyl (C=O) groups is 2. The molecule has 0 fully saturated rings. The predicted molar refractivity (Wildman–Crippen MR) is 74.3 cm³/mol. The summed E-state index contributed by atoms with van der Waals surface area (Å²) in [5.74, 6) is -0.654. The Morgan fingerprint density at radius 3 is 2.58 bits per heavy atom. The van der Waals surface area contributed by atoms with E-state index in [4.69, 9.17) is 4.74 Å². The minimum Gasteiger partial charge on any atom is -0.465 e. The normalized spacial score (nSPS) is 10.4. The van der Waals surface area contributed by atoms with Crippen LogP contribution in [0.25, 0.3) is 0 Å². The number of aryl methyl sites for hydroxylation is 1. The maximum Gasteiger partial charge on any atom is 0.339 e. The summed E-state index contributed by atoms with van der Waals surface area (Å²) in [5.41, 5.74) is 1.76. The average Bonchev–Trinajstić information content (AvgIpc) is 2.37. The first-order chi connectivity index (χ1) is 8.93. The number of ether oxygens (including phenoxy) is 1. The maximum absolute atomic E-state index is 11.7. The van der Waals surface area contributed by atoms with Crippen molar-refractivity contribution in [3.8, 4) is 0 Å². The number of carbonyl (C=O) groups excluding carboxylic acids is 2. The van der Waals surface area contributed by atoms with Gasteiger partial charge in [-0.25, -0.2) is 4.79 Å². The van der Waals surface area contributed by atoms with Gasteiger partial charge in [0.25, 0.3) is 0 Å². The molecular formula is C14H20N2O3. The largest absolute Gasteiger partial charge is 0.465 e. The molecule has 0 radical (unpaired) electrons. The average molecular weight is 264 g/mol. The van der Waals surface area contributed by atoms with Crippen molar-refractivity contribution in [3.63, 3.8) is 0 Å². The summed E-state index contributed by atoms with van der Waals surface area (Å²) < 4.78 is 4.71. The predicted octanol–water partition coefficient (Wildman–Crippen LogP) is 1.72. The molecule has 0 bridgehead atoms. The van der Waals surface area contributed by atoms with E-state index in [-0.39, 0.29) is 18.5 Å². The Kier molecular flexibility index (Phi) is 5.51. The molecule has 2 N–H and O–H groups in total.